The molecule has 5 rings (SSSR count). The number of anilines is 1. The minimum absolute atomic E-state index is 0.108. The van der Waals surface area contributed by atoms with Crippen LogP contribution in [0.25, 0.3) is 11.5 Å². The molecule has 0 saturated carbocycles. The number of benzene rings is 1. The van der Waals surface area contributed by atoms with Gasteiger partial charge in [-0.1, -0.05) is 23.4 Å². The first-order valence-electron chi connectivity index (χ1n) is 9.38. The molecule has 1 aromatic carbocycles. The zero-order valence-electron chi connectivity index (χ0n) is 15.9. The molecule has 1 amide bonds. The first kappa shape index (κ1) is 17.3. The SMILES string of the molecule is Cc1cc(N2CCN(C(=O)c3cn(-c4ccccc4)nn3)CC2)n2ncnc2n1. The Balaban J connectivity index is 1.30. The average Bonchev–Trinajstić information content (AvgIpc) is 3.43. The Hall–Kier alpha value is -3.82. The summed E-state index contributed by atoms with van der Waals surface area (Å²) >= 11 is 0. The van der Waals surface area contributed by atoms with Gasteiger partial charge in [-0.05, 0) is 19.1 Å². The Labute approximate surface area is 166 Å². The van der Waals surface area contributed by atoms with Crippen LogP contribution in [0.5, 0.6) is 0 Å². The molecule has 146 valence electrons. The lowest BCUT2D eigenvalue weighted by atomic mass is 10.2. The normalized spacial score (nSPS) is 14.5. The number of piperazine rings is 1. The smallest absolute Gasteiger partial charge is 0.276 e. The molecule has 0 atom stereocenters. The lowest BCUT2D eigenvalue weighted by Gasteiger charge is -2.35. The molecule has 29 heavy (non-hydrogen) atoms. The first-order chi connectivity index (χ1) is 14.2. The van der Waals surface area contributed by atoms with Gasteiger partial charge in [-0.2, -0.15) is 14.6 Å². The fourth-order valence-corrected chi connectivity index (χ4v) is 3.51. The lowest BCUT2D eigenvalue weighted by molar-refractivity contribution is 0.0740. The van der Waals surface area contributed by atoms with E-state index in [1.54, 1.807) is 15.4 Å². The summed E-state index contributed by atoms with van der Waals surface area (Å²) in [6.45, 7) is 4.51. The van der Waals surface area contributed by atoms with Gasteiger partial charge in [0.25, 0.3) is 11.7 Å². The van der Waals surface area contributed by atoms with Crippen molar-refractivity contribution in [3.05, 3.63) is 60.3 Å². The van der Waals surface area contributed by atoms with Crippen molar-refractivity contribution in [3.63, 3.8) is 0 Å². The van der Waals surface area contributed by atoms with E-state index in [1.807, 2.05) is 48.2 Å². The number of aromatic nitrogens is 7. The van der Waals surface area contributed by atoms with Crippen molar-refractivity contribution >= 4 is 17.5 Å². The molecular formula is C19H19N9O. The average molecular weight is 389 g/mol. The van der Waals surface area contributed by atoms with Crippen molar-refractivity contribution in [3.8, 4) is 5.69 Å². The van der Waals surface area contributed by atoms with E-state index in [1.165, 1.54) is 6.33 Å². The van der Waals surface area contributed by atoms with Crippen LogP contribution in [0.2, 0.25) is 0 Å². The fourth-order valence-electron chi connectivity index (χ4n) is 3.51. The van der Waals surface area contributed by atoms with Crippen LogP contribution in [0.3, 0.4) is 0 Å². The summed E-state index contributed by atoms with van der Waals surface area (Å²) in [4.78, 5) is 25.4. The molecule has 4 aromatic rings. The molecule has 1 fully saturated rings. The third-order valence-electron chi connectivity index (χ3n) is 4.99. The Bertz CT molecular complexity index is 1160. The monoisotopic (exact) mass is 389 g/mol. The summed E-state index contributed by atoms with van der Waals surface area (Å²) in [5, 5.41) is 12.4. The van der Waals surface area contributed by atoms with E-state index in [4.69, 9.17) is 0 Å². The summed E-state index contributed by atoms with van der Waals surface area (Å²) in [6.07, 6.45) is 3.18. The molecule has 0 aliphatic carbocycles. The van der Waals surface area contributed by atoms with Crippen LogP contribution in [0.4, 0.5) is 5.82 Å². The van der Waals surface area contributed by atoms with Gasteiger partial charge in [0.1, 0.15) is 12.1 Å². The maximum absolute atomic E-state index is 12.9. The van der Waals surface area contributed by atoms with Crippen LogP contribution in [-0.2, 0) is 0 Å². The summed E-state index contributed by atoms with van der Waals surface area (Å²) in [5.41, 5.74) is 2.10. The summed E-state index contributed by atoms with van der Waals surface area (Å²) < 4.78 is 3.35. The van der Waals surface area contributed by atoms with Crippen molar-refractivity contribution in [2.24, 2.45) is 0 Å². The molecule has 0 bridgehead atoms. The highest BCUT2D eigenvalue weighted by Gasteiger charge is 2.26. The largest absolute Gasteiger partial charge is 0.353 e. The molecule has 1 aliphatic heterocycles. The molecule has 0 spiro atoms. The Kier molecular flexibility index (Phi) is 4.15. The van der Waals surface area contributed by atoms with Gasteiger partial charge in [0, 0.05) is 37.9 Å². The van der Waals surface area contributed by atoms with Gasteiger partial charge in [-0.25, -0.2) is 9.67 Å². The van der Waals surface area contributed by atoms with Gasteiger partial charge >= 0.3 is 0 Å². The maximum atomic E-state index is 12.9. The molecule has 10 heteroatoms. The van der Waals surface area contributed by atoms with E-state index in [2.05, 4.69) is 30.3 Å². The number of carbonyl (C=O) groups excluding carboxylic acids is 1. The van der Waals surface area contributed by atoms with Gasteiger partial charge in [0.15, 0.2) is 5.69 Å². The van der Waals surface area contributed by atoms with Gasteiger partial charge in [-0.15, -0.1) is 5.10 Å². The maximum Gasteiger partial charge on any atom is 0.276 e. The highest BCUT2D eigenvalue weighted by atomic mass is 16.2. The quantitative estimate of drug-likeness (QED) is 0.515. The molecule has 0 N–H and O–H groups in total. The Morgan fingerprint density at radius 2 is 1.86 bits per heavy atom. The van der Waals surface area contributed by atoms with E-state index >= 15 is 0 Å². The highest BCUT2D eigenvalue weighted by Crippen LogP contribution is 2.18. The molecule has 0 radical (unpaired) electrons. The minimum Gasteiger partial charge on any atom is -0.353 e. The van der Waals surface area contributed by atoms with E-state index in [0.29, 0.717) is 37.7 Å². The van der Waals surface area contributed by atoms with Gasteiger partial charge in [-0.3, -0.25) is 4.79 Å². The second kappa shape index (κ2) is 6.97. The summed E-state index contributed by atoms with van der Waals surface area (Å²) in [6, 6.07) is 11.6. The standard InChI is InChI=1S/C19H19N9O/c1-14-11-17(28-19(22-14)20-13-21-28)25-7-9-26(10-8-25)18(29)16-12-27(24-23-16)15-5-3-2-4-6-15/h2-6,11-13H,7-10H2,1H3. The third-order valence-corrected chi connectivity index (χ3v) is 4.99. The minimum atomic E-state index is -0.108. The number of fused-ring (bicyclic) bond motifs is 1. The van der Waals surface area contributed by atoms with E-state index < -0.39 is 0 Å². The number of rotatable bonds is 3. The predicted octanol–water partition coefficient (Wildman–Crippen LogP) is 0.976. The number of aryl methyl sites for hydroxylation is 1. The number of para-hydroxylation sites is 1. The number of hydrogen-bond donors (Lipinski definition) is 0. The lowest BCUT2D eigenvalue weighted by Crippen LogP contribution is -2.49. The van der Waals surface area contributed by atoms with E-state index in [-0.39, 0.29) is 5.91 Å². The highest BCUT2D eigenvalue weighted by molar-refractivity contribution is 5.92. The van der Waals surface area contributed by atoms with Crippen molar-refractivity contribution in [1.29, 1.82) is 0 Å². The van der Waals surface area contributed by atoms with Crippen LogP contribution < -0.4 is 4.90 Å². The Morgan fingerprint density at radius 3 is 2.66 bits per heavy atom. The number of amides is 1. The summed E-state index contributed by atoms with van der Waals surface area (Å²) in [7, 11) is 0. The zero-order valence-corrected chi connectivity index (χ0v) is 15.9. The van der Waals surface area contributed by atoms with Crippen LogP contribution in [0.15, 0.2) is 48.9 Å². The topological polar surface area (TPSA) is 97.3 Å². The number of hydrogen-bond acceptors (Lipinski definition) is 7. The second-order valence-electron chi connectivity index (χ2n) is 6.89. The number of nitrogens with zero attached hydrogens (tertiary/aromatic N) is 9. The molecule has 4 heterocycles. The molecule has 10 nitrogen and oxygen atoms in total. The van der Waals surface area contributed by atoms with E-state index in [9.17, 15) is 4.79 Å². The van der Waals surface area contributed by atoms with Gasteiger partial charge < -0.3 is 9.80 Å². The molecule has 0 unspecified atom stereocenters. The molecule has 1 saturated heterocycles. The van der Waals surface area contributed by atoms with E-state index in [0.717, 1.165) is 17.2 Å². The predicted molar refractivity (Wildman–Crippen MR) is 105 cm³/mol. The van der Waals surface area contributed by atoms with Crippen LogP contribution in [-0.4, -0.2) is 71.6 Å². The third kappa shape index (κ3) is 3.18. The van der Waals surface area contributed by atoms with Crippen LogP contribution >= 0.6 is 0 Å². The van der Waals surface area contributed by atoms with Gasteiger partial charge in [0.05, 0.1) is 11.9 Å². The molecule has 3 aromatic heterocycles. The molecular weight excluding hydrogens is 370 g/mol. The van der Waals surface area contributed by atoms with Crippen molar-refractivity contribution in [2.75, 3.05) is 31.1 Å². The number of carbonyl (C=O) groups is 1. The van der Waals surface area contributed by atoms with Crippen LogP contribution in [0.1, 0.15) is 16.2 Å². The fraction of sp³-hybridized carbons (Fsp3) is 0.263. The van der Waals surface area contributed by atoms with Crippen molar-refractivity contribution < 1.29 is 4.79 Å². The van der Waals surface area contributed by atoms with Crippen LogP contribution in [0, 0.1) is 6.92 Å². The second-order valence-corrected chi connectivity index (χ2v) is 6.89. The summed E-state index contributed by atoms with van der Waals surface area (Å²) in [5.74, 6) is 1.41. The Morgan fingerprint density at radius 1 is 1.07 bits per heavy atom. The zero-order chi connectivity index (χ0) is 19.8. The molecule has 1 aliphatic rings. The van der Waals surface area contributed by atoms with Crippen molar-refractivity contribution in [1.82, 2.24) is 39.5 Å². The first-order valence-corrected chi connectivity index (χ1v) is 9.38. The van der Waals surface area contributed by atoms with Crippen molar-refractivity contribution in [2.45, 2.75) is 6.92 Å². The van der Waals surface area contributed by atoms with Gasteiger partial charge in [0.2, 0.25) is 0 Å².